The lowest BCUT2D eigenvalue weighted by Gasteiger charge is -2.07. The van der Waals surface area contributed by atoms with Crippen LogP contribution >= 0.6 is 23.2 Å². The summed E-state index contributed by atoms with van der Waals surface area (Å²) in [5, 5.41) is 7.22. The summed E-state index contributed by atoms with van der Waals surface area (Å²) in [5.41, 5.74) is 2.88. The van der Waals surface area contributed by atoms with Gasteiger partial charge in [0.05, 0.1) is 16.3 Å². The van der Waals surface area contributed by atoms with Crippen molar-refractivity contribution in [3.63, 3.8) is 0 Å². The molecule has 1 saturated heterocycles. The Morgan fingerprint density at radius 3 is 2.68 bits per heavy atom. The Bertz CT molecular complexity index is 526. The van der Waals surface area contributed by atoms with Crippen molar-refractivity contribution in [2.75, 3.05) is 0 Å². The molecule has 5 nitrogen and oxygen atoms in total. The molecule has 0 bridgehead atoms. The summed E-state index contributed by atoms with van der Waals surface area (Å²) in [7, 11) is 0. The number of rotatable bonds is 3. The van der Waals surface area contributed by atoms with Gasteiger partial charge in [-0.2, -0.15) is 5.10 Å². The second kappa shape index (κ2) is 6.04. The van der Waals surface area contributed by atoms with Gasteiger partial charge in [-0.1, -0.05) is 29.3 Å². The summed E-state index contributed by atoms with van der Waals surface area (Å²) in [4.78, 5) is 22.6. The van der Waals surface area contributed by atoms with Gasteiger partial charge in [0, 0.05) is 12.0 Å². The van der Waals surface area contributed by atoms with Crippen LogP contribution in [0.15, 0.2) is 23.3 Å². The van der Waals surface area contributed by atoms with Crippen molar-refractivity contribution in [1.29, 1.82) is 0 Å². The maximum absolute atomic E-state index is 11.6. The van der Waals surface area contributed by atoms with Gasteiger partial charge in [-0.3, -0.25) is 9.59 Å². The smallest absolute Gasteiger partial charge is 0.262 e. The van der Waals surface area contributed by atoms with Crippen LogP contribution in [0.25, 0.3) is 0 Å². The zero-order chi connectivity index (χ0) is 13.8. The Kier molecular flexibility index (Phi) is 4.39. The molecule has 1 aromatic rings. The number of amides is 2. The Morgan fingerprint density at radius 2 is 2.11 bits per heavy atom. The van der Waals surface area contributed by atoms with E-state index in [2.05, 4.69) is 15.8 Å². The van der Waals surface area contributed by atoms with Crippen LogP contribution in [-0.2, 0) is 9.59 Å². The average molecular weight is 300 g/mol. The standard InChI is InChI=1S/C12H11Cl2N3O2/c13-8-2-1-3-9(14)7(8)6-15-17-12(19)10-4-5-11(18)16-10/h1-3,6,10H,4-5H2,(H,16,18)(H,17,19)/b15-6+/t10-/m0/s1. The fourth-order valence-electron chi connectivity index (χ4n) is 1.68. The molecule has 2 N–H and O–H groups in total. The molecule has 100 valence electrons. The van der Waals surface area contributed by atoms with Crippen LogP contribution in [0.5, 0.6) is 0 Å². The van der Waals surface area contributed by atoms with Crippen LogP contribution in [0.4, 0.5) is 0 Å². The van der Waals surface area contributed by atoms with Gasteiger partial charge in [0.1, 0.15) is 6.04 Å². The van der Waals surface area contributed by atoms with Crippen LogP contribution in [0.2, 0.25) is 10.0 Å². The Labute approximate surface area is 120 Å². The molecule has 1 fully saturated rings. The van der Waals surface area contributed by atoms with E-state index in [1.54, 1.807) is 18.2 Å². The third-order valence-electron chi connectivity index (χ3n) is 2.68. The van der Waals surface area contributed by atoms with Crippen molar-refractivity contribution >= 4 is 41.2 Å². The number of nitrogens with one attached hydrogen (secondary N) is 2. The van der Waals surface area contributed by atoms with Crippen molar-refractivity contribution in [3.05, 3.63) is 33.8 Å². The quantitative estimate of drug-likeness (QED) is 0.659. The second-order valence-corrected chi connectivity index (χ2v) is 4.84. The molecule has 1 atom stereocenters. The molecule has 2 rings (SSSR count). The molecular weight excluding hydrogens is 289 g/mol. The van der Waals surface area contributed by atoms with Crippen LogP contribution in [-0.4, -0.2) is 24.1 Å². The van der Waals surface area contributed by atoms with E-state index in [0.29, 0.717) is 28.5 Å². The molecule has 0 saturated carbocycles. The maximum atomic E-state index is 11.6. The van der Waals surface area contributed by atoms with E-state index in [1.165, 1.54) is 6.21 Å². The molecule has 19 heavy (non-hydrogen) atoms. The third kappa shape index (κ3) is 3.45. The highest BCUT2D eigenvalue weighted by Crippen LogP contribution is 2.21. The SMILES string of the molecule is O=C1CC[C@@H](C(=O)N/N=C/c2c(Cl)cccc2Cl)N1. The summed E-state index contributed by atoms with van der Waals surface area (Å²) in [6.07, 6.45) is 2.21. The van der Waals surface area contributed by atoms with E-state index in [0.717, 1.165) is 0 Å². The predicted molar refractivity (Wildman–Crippen MR) is 73.4 cm³/mol. The molecule has 0 unspecified atom stereocenters. The Hall–Kier alpha value is -1.59. The van der Waals surface area contributed by atoms with Gasteiger partial charge in [-0.25, -0.2) is 5.43 Å². The summed E-state index contributed by atoms with van der Waals surface area (Å²) < 4.78 is 0. The maximum Gasteiger partial charge on any atom is 0.262 e. The van der Waals surface area contributed by atoms with E-state index in [9.17, 15) is 9.59 Å². The highest BCUT2D eigenvalue weighted by molar-refractivity contribution is 6.38. The minimum atomic E-state index is -0.522. The summed E-state index contributed by atoms with van der Waals surface area (Å²) >= 11 is 11.9. The van der Waals surface area contributed by atoms with Crippen molar-refractivity contribution < 1.29 is 9.59 Å². The van der Waals surface area contributed by atoms with Gasteiger partial charge < -0.3 is 5.32 Å². The van der Waals surface area contributed by atoms with E-state index in [4.69, 9.17) is 23.2 Å². The van der Waals surface area contributed by atoms with Gasteiger partial charge in [-0.05, 0) is 18.6 Å². The number of hydrazone groups is 1. The van der Waals surface area contributed by atoms with Crippen LogP contribution in [0.1, 0.15) is 18.4 Å². The van der Waals surface area contributed by atoms with Crippen LogP contribution in [0, 0.1) is 0 Å². The first-order valence-electron chi connectivity index (χ1n) is 5.64. The first kappa shape index (κ1) is 13.8. The number of benzene rings is 1. The molecule has 1 aliphatic heterocycles. The normalized spacial score (nSPS) is 18.6. The zero-order valence-corrected chi connectivity index (χ0v) is 11.3. The van der Waals surface area contributed by atoms with Gasteiger partial charge in [0.15, 0.2) is 0 Å². The monoisotopic (exact) mass is 299 g/mol. The lowest BCUT2D eigenvalue weighted by Crippen LogP contribution is -2.39. The number of hydrogen-bond acceptors (Lipinski definition) is 3. The topological polar surface area (TPSA) is 70.6 Å². The lowest BCUT2D eigenvalue weighted by molar-refractivity contribution is -0.125. The number of hydrogen-bond donors (Lipinski definition) is 2. The summed E-state index contributed by atoms with van der Waals surface area (Å²) in [6, 6.07) is 4.54. The number of halogens is 2. The van der Waals surface area contributed by atoms with Crippen molar-refractivity contribution in [2.24, 2.45) is 5.10 Å². The number of carbonyl (C=O) groups excluding carboxylic acids is 2. The van der Waals surface area contributed by atoms with Crippen LogP contribution < -0.4 is 10.7 Å². The molecule has 7 heteroatoms. The van der Waals surface area contributed by atoms with E-state index in [1.807, 2.05) is 0 Å². The first-order valence-corrected chi connectivity index (χ1v) is 6.40. The highest BCUT2D eigenvalue weighted by atomic mass is 35.5. The summed E-state index contributed by atoms with van der Waals surface area (Å²) in [6.45, 7) is 0. The van der Waals surface area contributed by atoms with Crippen molar-refractivity contribution in [3.8, 4) is 0 Å². The largest absolute Gasteiger partial charge is 0.344 e. The van der Waals surface area contributed by atoms with E-state index >= 15 is 0 Å². The van der Waals surface area contributed by atoms with E-state index < -0.39 is 6.04 Å². The molecule has 1 aliphatic rings. The minimum absolute atomic E-state index is 0.127. The molecule has 0 radical (unpaired) electrons. The second-order valence-electron chi connectivity index (χ2n) is 4.03. The first-order chi connectivity index (χ1) is 9.08. The fraction of sp³-hybridized carbons (Fsp3) is 0.250. The minimum Gasteiger partial charge on any atom is -0.344 e. The van der Waals surface area contributed by atoms with Crippen LogP contribution in [0.3, 0.4) is 0 Å². The molecule has 1 heterocycles. The number of carbonyl (C=O) groups is 2. The van der Waals surface area contributed by atoms with Gasteiger partial charge >= 0.3 is 0 Å². The third-order valence-corrected chi connectivity index (χ3v) is 3.34. The van der Waals surface area contributed by atoms with Gasteiger partial charge in [-0.15, -0.1) is 0 Å². The van der Waals surface area contributed by atoms with E-state index in [-0.39, 0.29) is 11.8 Å². The van der Waals surface area contributed by atoms with Gasteiger partial charge in [0.2, 0.25) is 5.91 Å². The predicted octanol–water partition coefficient (Wildman–Crippen LogP) is 1.72. The Morgan fingerprint density at radius 1 is 1.42 bits per heavy atom. The fourth-order valence-corrected chi connectivity index (χ4v) is 2.18. The molecule has 2 amide bonds. The average Bonchev–Trinajstić information content (AvgIpc) is 2.79. The van der Waals surface area contributed by atoms with Gasteiger partial charge in [0.25, 0.3) is 5.91 Å². The molecule has 0 spiro atoms. The zero-order valence-electron chi connectivity index (χ0n) is 9.82. The highest BCUT2D eigenvalue weighted by Gasteiger charge is 2.26. The number of nitrogens with zero attached hydrogens (tertiary/aromatic N) is 1. The Balaban J connectivity index is 1.96. The summed E-state index contributed by atoms with van der Waals surface area (Å²) in [5.74, 6) is -0.483. The van der Waals surface area contributed by atoms with Crippen molar-refractivity contribution in [1.82, 2.24) is 10.7 Å². The molecular formula is C12H11Cl2N3O2. The lowest BCUT2D eigenvalue weighted by atomic mass is 10.2. The molecule has 0 aliphatic carbocycles. The van der Waals surface area contributed by atoms with Crippen molar-refractivity contribution in [2.45, 2.75) is 18.9 Å². The molecule has 0 aromatic heterocycles. The molecule has 1 aromatic carbocycles.